The van der Waals surface area contributed by atoms with Gasteiger partial charge in [0.15, 0.2) is 0 Å². The Morgan fingerprint density at radius 2 is 1.59 bits per heavy atom. The quantitative estimate of drug-likeness (QED) is 0.729. The van der Waals surface area contributed by atoms with Crippen LogP contribution in [0.1, 0.15) is 0 Å². The highest BCUT2D eigenvalue weighted by atomic mass is 35.5. The van der Waals surface area contributed by atoms with Gasteiger partial charge in [-0.2, -0.15) is 0 Å². The molecule has 110 valence electrons. The highest BCUT2D eigenvalue weighted by Crippen LogP contribution is 2.33. The predicted octanol–water partition coefficient (Wildman–Crippen LogP) is 4.41. The van der Waals surface area contributed by atoms with Crippen LogP contribution < -0.4 is 5.73 Å². The highest BCUT2D eigenvalue weighted by molar-refractivity contribution is 6.32. The fourth-order valence-electron chi connectivity index (χ4n) is 2.08. The summed E-state index contributed by atoms with van der Waals surface area (Å²) in [5.74, 6) is 0.334. The van der Waals surface area contributed by atoms with Crippen LogP contribution in [0.4, 0.5) is 5.82 Å². The van der Waals surface area contributed by atoms with E-state index in [2.05, 4.69) is 9.97 Å². The van der Waals surface area contributed by atoms with Crippen LogP contribution in [0.15, 0.2) is 48.7 Å². The maximum atomic E-state index is 9.55. The van der Waals surface area contributed by atoms with Crippen LogP contribution in [-0.4, -0.2) is 15.1 Å². The van der Waals surface area contributed by atoms with E-state index < -0.39 is 0 Å². The molecule has 0 unspecified atom stereocenters. The highest BCUT2D eigenvalue weighted by Gasteiger charge is 2.13. The first-order valence-corrected chi connectivity index (χ1v) is 7.17. The Balaban J connectivity index is 2.19. The van der Waals surface area contributed by atoms with Crippen molar-refractivity contribution in [3.05, 3.63) is 58.7 Å². The molecule has 0 aliphatic heterocycles. The predicted molar refractivity (Wildman–Crippen MR) is 89.0 cm³/mol. The van der Waals surface area contributed by atoms with Crippen LogP contribution in [0.5, 0.6) is 5.75 Å². The third-order valence-electron chi connectivity index (χ3n) is 3.13. The number of nitrogen functional groups attached to an aromatic ring is 1. The minimum atomic E-state index is 0.0156. The minimum absolute atomic E-state index is 0.0156. The number of nitrogens with zero attached hydrogens (tertiary/aromatic N) is 2. The summed E-state index contributed by atoms with van der Waals surface area (Å²) in [7, 11) is 0. The molecule has 0 aliphatic rings. The Bertz CT molecular complexity index is 835. The summed E-state index contributed by atoms with van der Waals surface area (Å²) >= 11 is 11.9. The molecule has 1 aromatic heterocycles. The van der Waals surface area contributed by atoms with E-state index in [-0.39, 0.29) is 10.8 Å². The largest absolute Gasteiger partial charge is 0.506 e. The molecule has 0 radical (unpaired) electrons. The maximum absolute atomic E-state index is 9.55. The van der Waals surface area contributed by atoms with E-state index in [0.29, 0.717) is 22.2 Å². The van der Waals surface area contributed by atoms with Gasteiger partial charge in [-0.3, -0.25) is 4.98 Å². The summed E-state index contributed by atoms with van der Waals surface area (Å²) in [6, 6.07) is 12.1. The van der Waals surface area contributed by atoms with Gasteiger partial charge >= 0.3 is 0 Å². The molecule has 22 heavy (non-hydrogen) atoms. The number of nitrogens with two attached hydrogens (primary N) is 1. The number of aromatic nitrogens is 2. The van der Waals surface area contributed by atoms with Gasteiger partial charge in [0.05, 0.1) is 22.6 Å². The lowest BCUT2D eigenvalue weighted by atomic mass is 10.0. The van der Waals surface area contributed by atoms with Crippen LogP contribution in [-0.2, 0) is 0 Å². The number of benzene rings is 2. The van der Waals surface area contributed by atoms with Crippen LogP contribution in [0.3, 0.4) is 0 Å². The molecule has 1 heterocycles. The summed E-state index contributed by atoms with van der Waals surface area (Å²) in [6.45, 7) is 0. The van der Waals surface area contributed by atoms with E-state index in [4.69, 9.17) is 28.9 Å². The monoisotopic (exact) mass is 331 g/mol. The lowest BCUT2D eigenvalue weighted by Gasteiger charge is -2.10. The summed E-state index contributed by atoms with van der Waals surface area (Å²) in [4.78, 5) is 8.73. The first kappa shape index (κ1) is 14.6. The molecule has 0 atom stereocenters. The fraction of sp³-hybridized carbons (Fsp3) is 0. The zero-order valence-electron chi connectivity index (χ0n) is 11.3. The average Bonchev–Trinajstić information content (AvgIpc) is 2.51. The van der Waals surface area contributed by atoms with E-state index >= 15 is 0 Å². The SMILES string of the molecule is Nc1cnc(-c2ccc(O)c(Cl)c2)c(-c2ccc(Cl)cc2)n1. The number of phenols is 1. The van der Waals surface area contributed by atoms with Gasteiger partial charge in [-0.1, -0.05) is 35.3 Å². The second-order valence-electron chi connectivity index (χ2n) is 4.67. The number of halogens is 2. The van der Waals surface area contributed by atoms with E-state index in [1.165, 1.54) is 12.3 Å². The molecule has 0 amide bonds. The molecule has 0 saturated carbocycles. The molecular formula is C16H11Cl2N3O. The van der Waals surface area contributed by atoms with Gasteiger partial charge < -0.3 is 10.8 Å². The van der Waals surface area contributed by atoms with Gasteiger partial charge in [0.1, 0.15) is 11.6 Å². The average molecular weight is 332 g/mol. The van der Waals surface area contributed by atoms with Crippen molar-refractivity contribution < 1.29 is 5.11 Å². The van der Waals surface area contributed by atoms with Gasteiger partial charge in [0.25, 0.3) is 0 Å². The summed E-state index contributed by atoms with van der Waals surface area (Å²) < 4.78 is 0. The van der Waals surface area contributed by atoms with Gasteiger partial charge in [0, 0.05) is 16.1 Å². The molecular weight excluding hydrogens is 321 g/mol. The van der Waals surface area contributed by atoms with E-state index in [9.17, 15) is 5.11 Å². The Morgan fingerprint density at radius 1 is 0.909 bits per heavy atom. The maximum Gasteiger partial charge on any atom is 0.142 e. The van der Waals surface area contributed by atoms with E-state index in [1.54, 1.807) is 24.3 Å². The molecule has 2 aromatic carbocycles. The van der Waals surface area contributed by atoms with Crippen molar-refractivity contribution >= 4 is 29.0 Å². The van der Waals surface area contributed by atoms with Crippen LogP contribution in [0.2, 0.25) is 10.0 Å². The molecule has 3 N–H and O–H groups in total. The summed E-state index contributed by atoms with van der Waals surface area (Å²) in [5.41, 5.74) is 8.58. The molecule has 3 aromatic rings. The molecule has 0 aliphatic carbocycles. The third kappa shape index (κ3) is 2.84. The molecule has 6 heteroatoms. The number of aromatic hydroxyl groups is 1. The zero-order valence-corrected chi connectivity index (χ0v) is 12.8. The second kappa shape index (κ2) is 5.83. The molecule has 0 saturated heterocycles. The van der Waals surface area contributed by atoms with Crippen molar-refractivity contribution in [2.45, 2.75) is 0 Å². The van der Waals surface area contributed by atoms with Gasteiger partial charge in [-0.05, 0) is 30.3 Å². The molecule has 0 spiro atoms. The normalized spacial score (nSPS) is 10.6. The van der Waals surface area contributed by atoms with Crippen molar-refractivity contribution in [1.29, 1.82) is 0 Å². The van der Waals surface area contributed by atoms with Crippen molar-refractivity contribution in [3.8, 4) is 28.3 Å². The van der Waals surface area contributed by atoms with E-state index in [1.807, 2.05) is 12.1 Å². The molecule has 3 rings (SSSR count). The second-order valence-corrected chi connectivity index (χ2v) is 5.51. The topological polar surface area (TPSA) is 72.0 Å². The fourth-order valence-corrected chi connectivity index (χ4v) is 2.38. The van der Waals surface area contributed by atoms with Crippen LogP contribution >= 0.6 is 23.2 Å². The smallest absolute Gasteiger partial charge is 0.142 e. The van der Waals surface area contributed by atoms with Crippen molar-refractivity contribution in [2.24, 2.45) is 0 Å². The first-order chi connectivity index (χ1) is 10.5. The van der Waals surface area contributed by atoms with Gasteiger partial charge in [0.2, 0.25) is 0 Å². The number of rotatable bonds is 2. The standard InChI is InChI=1S/C16H11Cl2N3O/c17-11-4-1-9(2-5-11)16-15(20-8-14(19)21-16)10-3-6-13(22)12(18)7-10/h1-8,22H,(H2,19,21). The van der Waals surface area contributed by atoms with E-state index in [0.717, 1.165) is 11.1 Å². The molecule has 0 fully saturated rings. The lowest BCUT2D eigenvalue weighted by molar-refractivity contribution is 0.475. The molecule has 0 bridgehead atoms. The number of anilines is 1. The Labute approximate surface area is 137 Å². The molecule has 4 nitrogen and oxygen atoms in total. The number of hydrogen-bond donors (Lipinski definition) is 2. The third-order valence-corrected chi connectivity index (χ3v) is 3.68. The summed E-state index contributed by atoms with van der Waals surface area (Å²) in [6.07, 6.45) is 1.48. The van der Waals surface area contributed by atoms with Gasteiger partial charge in [-0.15, -0.1) is 0 Å². The van der Waals surface area contributed by atoms with Crippen molar-refractivity contribution in [3.63, 3.8) is 0 Å². The van der Waals surface area contributed by atoms with Crippen LogP contribution in [0.25, 0.3) is 22.5 Å². The number of phenolic OH excluding ortho intramolecular Hbond substituents is 1. The Hall–Kier alpha value is -2.30. The first-order valence-electron chi connectivity index (χ1n) is 6.42. The lowest BCUT2D eigenvalue weighted by Crippen LogP contribution is -1.98. The van der Waals surface area contributed by atoms with Crippen LogP contribution in [0, 0.1) is 0 Å². The minimum Gasteiger partial charge on any atom is -0.506 e. The van der Waals surface area contributed by atoms with Crippen molar-refractivity contribution in [1.82, 2.24) is 9.97 Å². The summed E-state index contributed by atoms with van der Waals surface area (Å²) in [5, 5.41) is 10.4. The number of hydrogen-bond acceptors (Lipinski definition) is 4. The Kier molecular flexibility index (Phi) is 3.88. The van der Waals surface area contributed by atoms with Gasteiger partial charge in [-0.25, -0.2) is 4.98 Å². The Morgan fingerprint density at radius 3 is 2.27 bits per heavy atom. The zero-order chi connectivity index (χ0) is 15.7. The van der Waals surface area contributed by atoms with Crippen molar-refractivity contribution in [2.75, 3.05) is 5.73 Å².